The zero-order valence-corrected chi connectivity index (χ0v) is 19.9. The summed E-state index contributed by atoms with van der Waals surface area (Å²) in [6.45, 7) is 3.80. The van der Waals surface area contributed by atoms with Crippen molar-refractivity contribution in [1.82, 2.24) is 19.5 Å². The number of aromatic nitrogens is 4. The Balaban J connectivity index is 1.76. The Morgan fingerprint density at radius 2 is 1.83 bits per heavy atom. The van der Waals surface area contributed by atoms with Crippen molar-refractivity contribution in [3.05, 3.63) is 82.3 Å². The smallest absolute Gasteiger partial charge is 0.374 e. The molecule has 1 unspecified atom stereocenters. The molecule has 182 valence electrons. The predicted molar refractivity (Wildman–Crippen MR) is 128 cm³/mol. The number of anilines is 1. The molecule has 4 heterocycles. The standard InChI is InChI=1S/C25H23ClF3N5O/c1-3-17-22(34-9-4-10-34)18-11-15(5-7-19(18)32-23(17)26)24(35,21-13-30-14-33(21)2)16-6-8-20(31-12-16)25(27,28)29/h5-8,11-14,35H,3-4,9-10H2,1-2H3. The van der Waals surface area contributed by atoms with Crippen molar-refractivity contribution in [1.29, 1.82) is 0 Å². The van der Waals surface area contributed by atoms with Crippen molar-refractivity contribution in [2.24, 2.45) is 7.05 Å². The van der Waals surface area contributed by atoms with Crippen LogP contribution in [-0.4, -0.2) is 37.7 Å². The number of hydrogen-bond acceptors (Lipinski definition) is 5. The van der Waals surface area contributed by atoms with Gasteiger partial charge in [-0.05, 0) is 36.6 Å². The minimum atomic E-state index is -4.58. The lowest BCUT2D eigenvalue weighted by Gasteiger charge is -2.36. The van der Waals surface area contributed by atoms with Crippen LogP contribution in [0, 0.1) is 0 Å². The van der Waals surface area contributed by atoms with Crippen LogP contribution in [0.15, 0.2) is 49.1 Å². The van der Waals surface area contributed by atoms with Crippen LogP contribution >= 0.6 is 11.6 Å². The molecule has 0 aliphatic carbocycles. The molecule has 35 heavy (non-hydrogen) atoms. The number of aryl methyl sites for hydroxylation is 1. The Bertz CT molecular complexity index is 1400. The molecule has 1 N–H and O–H groups in total. The van der Waals surface area contributed by atoms with Crippen LogP contribution in [0.25, 0.3) is 10.9 Å². The molecule has 1 aromatic carbocycles. The van der Waals surface area contributed by atoms with E-state index in [1.807, 2.05) is 13.0 Å². The van der Waals surface area contributed by atoms with Crippen LogP contribution in [0.3, 0.4) is 0 Å². The fraction of sp³-hybridized carbons (Fsp3) is 0.320. The first-order chi connectivity index (χ1) is 16.6. The second-order valence-electron chi connectivity index (χ2n) is 8.69. The van der Waals surface area contributed by atoms with E-state index in [0.29, 0.717) is 28.3 Å². The van der Waals surface area contributed by atoms with E-state index in [1.165, 1.54) is 18.6 Å². The molecule has 4 aromatic rings. The number of pyridine rings is 2. The molecule has 1 aliphatic rings. The fourth-order valence-corrected chi connectivity index (χ4v) is 4.95. The summed E-state index contributed by atoms with van der Waals surface area (Å²) in [7, 11) is 1.72. The Morgan fingerprint density at radius 1 is 1.09 bits per heavy atom. The molecule has 0 bridgehead atoms. The summed E-state index contributed by atoms with van der Waals surface area (Å²) in [6.07, 6.45) is 1.26. The zero-order chi connectivity index (χ0) is 25.0. The normalized spacial score (nSPS) is 15.8. The minimum absolute atomic E-state index is 0.191. The quantitative estimate of drug-likeness (QED) is 0.386. The highest BCUT2D eigenvalue weighted by Crippen LogP contribution is 2.42. The van der Waals surface area contributed by atoms with Crippen molar-refractivity contribution in [2.75, 3.05) is 18.0 Å². The van der Waals surface area contributed by atoms with Crippen LogP contribution in [0.4, 0.5) is 18.9 Å². The first-order valence-electron chi connectivity index (χ1n) is 11.2. The van der Waals surface area contributed by atoms with Gasteiger partial charge in [0.2, 0.25) is 0 Å². The lowest BCUT2D eigenvalue weighted by atomic mass is 9.83. The summed E-state index contributed by atoms with van der Waals surface area (Å²) < 4.78 is 41.1. The van der Waals surface area contributed by atoms with E-state index in [2.05, 4.69) is 19.9 Å². The van der Waals surface area contributed by atoms with E-state index in [-0.39, 0.29) is 5.56 Å². The maximum atomic E-state index is 13.2. The summed E-state index contributed by atoms with van der Waals surface area (Å²) in [6, 6.07) is 7.46. The topological polar surface area (TPSA) is 67.1 Å². The van der Waals surface area contributed by atoms with Crippen LogP contribution in [0.2, 0.25) is 5.15 Å². The molecule has 10 heteroatoms. The monoisotopic (exact) mass is 501 g/mol. The molecule has 0 radical (unpaired) electrons. The molecule has 6 nitrogen and oxygen atoms in total. The SMILES string of the molecule is CCc1c(Cl)nc2ccc(C(O)(c3ccc(C(F)(F)F)nc3)c3cncn3C)cc2c1N1CCC1. The Hall–Kier alpha value is -3.17. The molecule has 1 atom stereocenters. The van der Waals surface area contributed by atoms with Gasteiger partial charge in [0.25, 0.3) is 0 Å². The summed E-state index contributed by atoms with van der Waals surface area (Å²) in [5, 5.41) is 13.5. The van der Waals surface area contributed by atoms with Crippen molar-refractivity contribution >= 4 is 28.2 Å². The Kier molecular flexibility index (Phi) is 5.72. The van der Waals surface area contributed by atoms with Crippen LogP contribution in [0.1, 0.15) is 41.4 Å². The molecule has 0 amide bonds. The molecule has 1 aliphatic heterocycles. The molecule has 5 rings (SSSR count). The number of hydrogen-bond donors (Lipinski definition) is 1. The third kappa shape index (κ3) is 3.83. The first kappa shape index (κ1) is 23.6. The van der Waals surface area contributed by atoms with Crippen molar-refractivity contribution < 1.29 is 18.3 Å². The van der Waals surface area contributed by atoms with Gasteiger partial charge in [-0.3, -0.25) is 4.98 Å². The molecular weight excluding hydrogens is 479 g/mol. The lowest BCUT2D eigenvalue weighted by molar-refractivity contribution is -0.141. The van der Waals surface area contributed by atoms with Gasteiger partial charge >= 0.3 is 6.18 Å². The predicted octanol–water partition coefficient (Wildman–Crippen LogP) is 5.09. The fourth-order valence-electron chi connectivity index (χ4n) is 4.64. The van der Waals surface area contributed by atoms with Gasteiger partial charge in [0, 0.05) is 42.8 Å². The summed E-state index contributed by atoms with van der Waals surface area (Å²) >= 11 is 6.51. The van der Waals surface area contributed by atoms with Crippen LogP contribution < -0.4 is 4.90 Å². The highest BCUT2D eigenvalue weighted by atomic mass is 35.5. The molecular formula is C25H23ClF3N5O. The molecule has 1 saturated heterocycles. The van der Waals surface area contributed by atoms with Gasteiger partial charge in [0.05, 0.1) is 29.4 Å². The van der Waals surface area contributed by atoms with Gasteiger partial charge in [-0.2, -0.15) is 13.2 Å². The Labute approximate surface area is 205 Å². The highest BCUT2D eigenvalue weighted by Gasteiger charge is 2.39. The minimum Gasteiger partial charge on any atom is -0.374 e. The summed E-state index contributed by atoms with van der Waals surface area (Å²) in [4.78, 5) is 14.5. The van der Waals surface area contributed by atoms with Crippen molar-refractivity contribution in [3.63, 3.8) is 0 Å². The summed E-state index contributed by atoms with van der Waals surface area (Å²) in [5.41, 5.74) is 0.787. The number of rotatable bonds is 5. The zero-order valence-electron chi connectivity index (χ0n) is 19.1. The van der Waals surface area contributed by atoms with Crippen molar-refractivity contribution in [2.45, 2.75) is 31.5 Å². The molecule has 0 spiro atoms. The maximum absolute atomic E-state index is 13.2. The number of alkyl halides is 3. The van der Waals surface area contributed by atoms with E-state index >= 15 is 0 Å². The molecule has 0 saturated carbocycles. The largest absolute Gasteiger partial charge is 0.433 e. The summed E-state index contributed by atoms with van der Waals surface area (Å²) in [5.74, 6) is 0. The highest BCUT2D eigenvalue weighted by molar-refractivity contribution is 6.31. The average molecular weight is 502 g/mol. The second-order valence-corrected chi connectivity index (χ2v) is 9.04. The number of imidazole rings is 1. The van der Waals surface area contributed by atoms with E-state index in [4.69, 9.17) is 11.6 Å². The van der Waals surface area contributed by atoms with E-state index in [9.17, 15) is 18.3 Å². The van der Waals surface area contributed by atoms with Crippen molar-refractivity contribution in [3.8, 4) is 0 Å². The maximum Gasteiger partial charge on any atom is 0.433 e. The average Bonchev–Trinajstić information content (AvgIpc) is 3.23. The van der Waals surface area contributed by atoms with Gasteiger partial charge in [-0.25, -0.2) is 9.97 Å². The van der Waals surface area contributed by atoms with Crippen LogP contribution in [0.5, 0.6) is 0 Å². The van der Waals surface area contributed by atoms with Gasteiger partial charge in [0.1, 0.15) is 10.8 Å². The molecule has 3 aromatic heterocycles. The third-order valence-corrected chi connectivity index (χ3v) is 6.92. The Morgan fingerprint density at radius 3 is 2.37 bits per heavy atom. The second kappa shape index (κ2) is 8.49. The number of benzene rings is 1. The number of nitrogens with zero attached hydrogens (tertiary/aromatic N) is 5. The van der Waals surface area contributed by atoms with Gasteiger partial charge in [0.15, 0.2) is 5.60 Å². The third-order valence-electron chi connectivity index (χ3n) is 6.61. The number of aliphatic hydroxyl groups is 1. The van der Waals surface area contributed by atoms with Gasteiger partial charge in [-0.1, -0.05) is 30.7 Å². The van der Waals surface area contributed by atoms with Gasteiger partial charge in [-0.15, -0.1) is 0 Å². The lowest BCUT2D eigenvalue weighted by Crippen LogP contribution is -2.38. The first-order valence-corrected chi connectivity index (χ1v) is 11.6. The van der Waals surface area contributed by atoms with E-state index in [1.54, 1.807) is 23.7 Å². The van der Waals surface area contributed by atoms with Gasteiger partial charge < -0.3 is 14.6 Å². The van der Waals surface area contributed by atoms with Crippen LogP contribution in [-0.2, 0) is 25.2 Å². The molecule has 1 fully saturated rings. The number of fused-ring (bicyclic) bond motifs is 1. The number of halogens is 4. The van der Waals surface area contributed by atoms with E-state index < -0.39 is 17.5 Å². The van der Waals surface area contributed by atoms with E-state index in [0.717, 1.165) is 48.4 Å².